The van der Waals surface area contributed by atoms with Crippen LogP contribution in [0.3, 0.4) is 0 Å². The molecule has 0 bridgehead atoms. The van der Waals surface area contributed by atoms with E-state index < -0.39 is 0 Å². The Labute approximate surface area is 99.6 Å². The second-order valence-electron chi connectivity index (χ2n) is 2.82. The molecule has 2 aromatic rings. The summed E-state index contributed by atoms with van der Waals surface area (Å²) in [6, 6.07) is 9.09. The minimum atomic E-state index is -0.118. The van der Waals surface area contributed by atoms with Gasteiger partial charge in [-0.25, -0.2) is 0 Å². The maximum Gasteiger partial charge on any atom is 0.255 e. The van der Waals surface area contributed by atoms with E-state index in [2.05, 4.69) is 5.32 Å². The van der Waals surface area contributed by atoms with Gasteiger partial charge in [0.1, 0.15) is 3.82 Å². The third-order valence-corrected chi connectivity index (χ3v) is 4.46. The molecule has 1 amide bonds. The van der Waals surface area contributed by atoms with Crippen LogP contribution in [0.4, 0.5) is 5.69 Å². The zero-order valence-electron chi connectivity index (χ0n) is 7.60. The van der Waals surface area contributed by atoms with Crippen molar-refractivity contribution < 1.29 is 4.79 Å². The highest BCUT2D eigenvalue weighted by atomic mass is 32.9. The van der Waals surface area contributed by atoms with Crippen molar-refractivity contribution >= 4 is 44.5 Å². The highest BCUT2D eigenvalue weighted by molar-refractivity contribution is 7.79. The number of amides is 1. The molecule has 0 spiro atoms. The third-order valence-electron chi connectivity index (χ3n) is 1.79. The van der Waals surface area contributed by atoms with Crippen LogP contribution in [0.1, 0.15) is 10.4 Å². The smallest absolute Gasteiger partial charge is 0.255 e. The van der Waals surface area contributed by atoms with E-state index in [1.807, 2.05) is 23.6 Å². The summed E-state index contributed by atoms with van der Waals surface area (Å²) < 4.78 is 0.726. The Bertz CT molecular complexity index is 515. The van der Waals surface area contributed by atoms with Gasteiger partial charge in [0.25, 0.3) is 5.91 Å². The van der Waals surface area contributed by atoms with E-state index in [1.54, 1.807) is 12.1 Å². The molecule has 0 saturated carbocycles. The normalized spacial score (nSPS) is 9.87. The summed E-state index contributed by atoms with van der Waals surface area (Å²) in [6.45, 7) is 0. The molecule has 1 aromatic heterocycles. The van der Waals surface area contributed by atoms with Gasteiger partial charge in [-0.2, -0.15) is 0 Å². The maximum atomic E-state index is 11.7. The summed E-state index contributed by atoms with van der Waals surface area (Å²) >= 11 is 5.07. The first-order valence-corrected chi connectivity index (χ1v) is 6.84. The van der Waals surface area contributed by atoms with Gasteiger partial charge in [-0.3, -0.25) is 4.79 Å². The molecular formula is C10H7NOS3. The lowest BCUT2D eigenvalue weighted by atomic mass is 10.2. The van der Waals surface area contributed by atoms with Crippen molar-refractivity contribution in [2.75, 3.05) is 5.32 Å². The number of hydrogen-bond acceptors (Lipinski definition) is 4. The van der Waals surface area contributed by atoms with E-state index in [0.29, 0.717) is 5.56 Å². The lowest BCUT2D eigenvalue weighted by molar-refractivity contribution is 0.102. The summed E-state index contributed by atoms with van der Waals surface area (Å²) in [6.07, 6.45) is 0. The van der Waals surface area contributed by atoms with Gasteiger partial charge in [-0.1, -0.05) is 51.1 Å². The number of nitrogens with one attached hydrogen (secondary N) is 1. The molecule has 0 radical (unpaired) electrons. The first-order chi connectivity index (χ1) is 7.27. The van der Waals surface area contributed by atoms with Crippen molar-refractivity contribution in [1.82, 2.24) is 0 Å². The molecule has 0 atom stereocenters. The van der Waals surface area contributed by atoms with Gasteiger partial charge in [-0.15, -0.1) is 0 Å². The number of carbonyl (C=O) groups is 1. The van der Waals surface area contributed by atoms with Gasteiger partial charge in [0.05, 0.1) is 5.69 Å². The van der Waals surface area contributed by atoms with E-state index in [9.17, 15) is 4.79 Å². The van der Waals surface area contributed by atoms with Crippen LogP contribution in [-0.4, -0.2) is 5.91 Å². The van der Waals surface area contributed by atoms with Crippen LogP contribution in [0.5, 0.6) is 0 Å². The van der Waals surface area contributed by atoms with Gasteiger partial charge in [0, 0.05) is 10.9 Å². The van der Waals surface area contributed by atoms with Gasteiger partial charge < -0.3 is 5.32 Å². The van der Waals surface area contributed by atoms with Crippen LogP contribution in [-0.2, 0) is 0 Å². The van der Waals surface area contributed by atoms with Crippen LogP contribution >= 0.6 is 32.9 Å². The van der Waals surface area contributed by atoms with E-state index >= 15 is 0 Å². The van der Waals surface area contributed by atoms with E-state index in [1.165, 1.54) is 20.7 Å². The molecule has 0 aliphatic heterocycles. The molecule has 0 aliphatic rings. The van der Waals surface area contributed by atoms with E-state index in [0.717, 1.165) is 9.51 Å². The number of benzene rings is 1. The minimum absolute atomic E-state index is 0.118. The molecule has 1 N–H and O–H groups in total. The Kier molecular flexibility index (Phi) is 3.25. The summed E-state index contributed by atoms with van der Waals surface area (Å²) in [5.74, 6) is -0.118. The molecule has 2 nitrogen and oxygen atoms in total. The van der Waals surface area contributed by atoms with Gasteiger partial charge >= 0.3 is 0 Å². The van der Waals surface area contributed by atoms with Gasteiger partial charge in [-0.05, 0) is 12.1 Å². The zero-order chi connectivity index (χ0) is 10.7. The summed E-state index contributed by atoms with van der Waals surface area (Å²) in [5.41, 5.74) is 1.37. The van der Waals surface area contributed by atoms with Crippen LogP contribution in [0.2, 0.25) is 0 Å². The second kappa shape index (κ2) is 4.65. The van der Waals surface area contributed by atoms with Crippen LogP contribution in [0.15, 0.2) is 35.7 Å². The average Bonchev–Trinajstić information content (AvgIpc) is 2.66. The first-order valence-electron chi connectivity index (χ1n) is 4.21. The quantitative estimate of drug-likeness (QED) is 0.651. The average molecular weight is 253 g/mol. The third kappa shape index (κ3) is 2.50. The fourth-order valence-electron chi connectivity index (χ4n) is 1.07. The monoisotopic (exact) mass is 253 g/mol. The maximum absolute atomic E-state index is 11.7. The standard InChI is InChI=1S/C10H7NOS3/c12-9(7-4-2-1-3-5-7)11-8-6-14-15-10(8)13/h1-6H,(H,11,12). The van der Waals surface area contributed by atoms with Crippen molar-refractivity contribution in [2.24, 2.45) is 0 Å². The lowest BCUT2D eigenvalue weighted by Crippen LogP contribution is -2.10. The van der Waals surface area contributed by atoms with Crippen molar-refractivity contribution in [3.63, 3.8) is 0 Å². The summed E-state index contributed by atoms with van der Waals surface area (Å²) in [7, 11) is 3.01. The van der Waals surface area contributed by atoms with Crippen LogP contribution in [0.25, 0.3) is 0 Å². The number of carbonyl (C=O) groups excluding carboxylic acids is 1. The predicted molar refractivity (Wildman–Crippen MR) is 67.4 cm³/mol. The van der Waals surface area contributed by atoms with E-state index in [4.69, 9.17) is 12.2 Å². The Balaban J connectivity index is 2.18. The van der Waals surface area contributed by atoms with Crippen molar-refractivity contribution in [3.8, 4) is 0 Å². The molecule has 0 saturated heterocycles. The van der Waals surface area contributed by atoms with E-state index in [-0.39, 0.29) is 5.91 Å². The highest BCUT2D eigenvalue weighted by Gasteiger charge is 2.06. The molecule has 0 fully saturated rings. The molecule has 2 rings (SSSR count). The Morgan fingerprint density at radius 2 is 2.00 bits per heavy atom. The molecular weight excluding hydrogens is 246 g/mol. The number of rotatable bonds is 2. The second-order valence-corrected chi connectivity index (χ2v) is 5.57. The fraction of sp³-hybridized carbons (Fsp3) is 0. The molecule has 0 aliphatic carbocycles. The molecule has 76 valence electrons. The lowest BCUT2D eigenvalue weighted by Gasteiger charge is -2.01. The van der Waals surface area contributed by atoms with Gasteiger partial charge in [0.2, 0.25) is 0 Å². The Morgan fingerprint density at radius 1 is 1.27 bits per heavy atom. The molecule has 0 unspecified atom stereocenters. The molecule has 1 heterocycles. The zero-order valence-corrected chi connectivity index (χ0v) is 10.0. The summed E-state index contributed by atoms with van der Waals surface area (Å²) in [5, 5.41) is 4.64. The minimum Gasteiger partial charge on any atom is -0.319 e. The Morgan fingerprint density at radius 3 is 2.60 bits per heavy atom. The number of hydrogen-bond donors (Lipinski definition) is 1. The highest BCUT2D eigenvalue weighted by Crippen LogP contribution is 2.22. The van der Waals surface area contributed by atoms with Crippen LogP contribution in [0, 0.1) is 3.82 Å². The number of anilines is 1. The Hall–Kier alpha value is -1.04. The SMILES string of the molecule is O=C(Nc1cssc1=S)c1ccccc1. The van der Waals surface area contributed by atoms with Crippen molar-refractivity contribution in [1.29, 1.82) is 0 Å². The predicted octanol–water partition coefficient (Wildman–Crippen LogP) is 3.79. The molecule has 1 aromatic carbocycles. The van der Waals surface area contributed by atoms with Gasteiger partial charge in [0.15, 0.2) is 0 Å². The fourth-order valence-corrected chi connectivity index (χ4v) is 3.26. The van der Waals surface area contributed by atoms with Crippen molar-refractivity contribution in [3.05, 3.63) is 45.1 Å². The van der Waals surface area contributed by atoms with Crippen molar-refractivity contribution in [2.45, 2.75) is 0 Å². The topological polar surface area (TPSA) is 29.1 Å². The molecule has 15 heavy (non-hydrogen) atoms. The molecule has 5 heteroatoms. The van der Waals surface area contributed by atoms with Crippen LogP contribution < -0.4 is 5.32 Å². The summed E-state index contributed by atoms with van der Waals surface area (Å²) in [4.78, 5) is 11.7. The largest absolute Gasteiger partial charge is 0.319 e. The first kappa shape index (κ1) is 10.5.